The minimum Gasteiger partial charge on any atom is -0.508 e. The number of phenolic OH excluding ortho intramolecular Hbond substituents is 1. The maximum absolute atomic E-state index is 14.0. The van der Waals surface area contributed by atoms with Crippen LogP contribution in [0.25, 0.3) is 55.7 Å². The van der Waals surface area contributed by atoms with Gasteiger partial charge in [0.25, 0.3) is 0 Å². The van der Waals surface area contributed by atoms with E-state index < -0.39 is 5.82 Å². The van der Waals surface area contributed by atoms with Crippen molar-refractivity contribution in [2.24, 2.45) is 0 Å². The normalized spacial score (nSPS) is 11.6. The fraction of sp³-hybridized carbons (Fsp3) is 0.111. The molecular formula is C27H22FN7O. The molecule has 0 saturated carbocycles. The number of aromatic amines is 2. The highest BCUT2D eigenvalue weighted by atomic mass is 19.1. The van der Waals surface area contributed by atoms with E-state index in [4.69, 9.17) is 0 Å². The SMILES string of the molecule is CC(C)Nc1cncc(-c2cc3c(-c4cc5c(-c6cc(O)cc(F)c6)ccnc5[nH]4)n[nH]c3cn2)c1. The van der Waals surface area contributed by atoms with Crippen LogP contribution in [0.5, 0.6) is 5.75 Å². The molecule has 6 rings (SSSR count). The minimum absolute atomic E-state index is 0.133. The zero-order valence-corrected chi connectivity index (χ0v) is 19.5. The van der Waals surface area contributed by atoms with Crippen LogP contribution in [0.15, 0.2) is 67.3 Å². The average molecular weight is 480 g/mol. The van der Waals surface area contributed by atoms with Gasteiger partial charge in [0.1, 0.15) is 22.9 Å². The van der Waals surface area contributed by atoms with Crippen molar-refractivity contribution in [3.8, 4) is 39.5 Å². The van der Waals surface area contributed by atoms with Crippen molar-refractivity contribution in [2.45, 2.75) is 19.9 Å². The van der Waals surface area contributed by atoms with Gasteiger partial charge in [-0.2, -0.15) is 5.10 Å². The van der Waals surface area contributed by atoms with Crippen molar-refractivity contribution < 1.29 is 9.50 Å². The summed E-state index contributed by atoms with van der Waals surface area (Å²) < 4.78 is 14.0. The first-order valence-electron chi connectivity index (χ1n) is 11.5. The molecule has 36 heavy (non-hydrogen) atoms. The second-order valence-electron chi connectivity index (χ2n) is 8.95. The Labute approximate surface area is 205 Å². The summed E-state index contributed by atoms with van der Waals surface area (Å²) in [6.07, 6.45) is 6.98. The number of fused-ring (bicyclic) bond motifs is 2. The topological polar surface area (TPSA) is 115 Å². The molecule has 4 N–H and O–H groups in total. The number of nitrogens with one attached hydrogen (secondary N) is 3. The number of hydrogen-bond donors (Lipinski definition) is 4. The van der Waals surface area contributed by atoms with Crippen LogP contribution in [-0.2, 0) is 0 Å². The number of nitrogens with zero attached hydrogens (tertiary/aromatic N) is 4. The quantitative estimate of drug-likeness (QED) is 0.245. The zero-order valence-electron chi connectivity index (χ0n) is 19.5. The van der Waals surface area contributed by atoms with E-state index in [-0.39, 0.29) is 11.8 Å². The smallest absolute Gasteiger partial charge is 0.138 e. The number of pyridine rings is 3. The molecule has 0 saturated heterocycles. The number of rotatable bonds is 5. The Balaban J connectivity index is 1.45. The molecule has 0 atom stereocenters. The molecule has 5 heterocycles. The van der Waals surface area contributed by atoms with Gasteiger partial charge in [-0.25, -0.2) is 9.37 Å². The van der Waals surface area contributed by atoms with Crippen molar-refractivity contribution in [2.75, 3.05) is 5.32 Å². The van der Waals surface area contributed by atoms with E-state index in [0.29, 0.717) is 16.9 Å². The molecule has 178 valence electrons. The largest absolute Gasteiger partial charge is 0.508 e. The Morgan fingerprint density at radius 2 is 1.83 bits per heavy atom. The molecule has 1 aromatic carbocycles. The first-order valence-corrected chi connectivity index (χ1v) is 11.5. The van der Waals surface area contributed by atoms with E-state index in [0.717, 1.165) is 50.6 Å². The van der Waals surface area contributed by atoms with Gasteiger partial charge in [-0.3, -0.25) is 15.1 Å². The minimum atomic E-state index is -0.508. The molecule has 0 bridgehead atoms. The Hall–Kier alpha value is -4.79. The van der Waals surface area contributed by atoms with Gasteiger partial charge in [-0.05, 0) is 61.4 Å². The molecule has 0 spiro atoms. The van der Waals surface area contributed by atoms with E-state index in [1.54, 1.807) is 30.9 Å². The third-order valence-electron chi connectivity index (χ3n) is 5.92. The predicted octanol–water partition coefficient (Wildman–Crippen LogP) is 5.90. The van der Waals surface area contributed by atoms with Gasteiger partial charge >= 0.3 is 0 Å². The predicted molar refractivity (Wildman–Crippen MR) is 138 cm³/mol. The average Bonchev–Trinajstić information content (AvgIpc) is 3.46. The van der Waals surface area contributed by atoms with Crippen LogP contribution in [0.1, 0.15) is 13.8 Å². The molecule has 0 aliphatic heterocycles. The van der Waals surface area contributed by atoms with E-state index in [2.05, 4.69) is 49.3 Å². The summed E-state index contributed by atoms with van der Waals surface area (Å²) in [6, 6.07) is 12.0. The molecule has 9 heteroatoms. The van der Waals surface area contributed by atoms with Crippen LogP contribution in [0.4, 0.5) is 10.1 Å². The summed E-state index contributed by atoms with van der Waals surface area (Å²) in [5.41, 5.74) is 6.79. The molecule has 0 radical (unpaired) electrons. The lowest BCUT2D eigenvalue weighted by Crippen LogP contribution is -2.09. The van der Waals surface area contributed by atoms with Gasteiger partial charge in [0.15, 0.2) is 0 Å². The first kappa shape index (κ1) is 21.7. The van der Waals surface area contributed by atoms with Crippen LogP contribution in [-0.4, -0.2) is 41.3 Å². The second-order valence-corrected chi connectivity index (χ2v) is 8.95. The monoisotopic (exact) mass is 479 g/mol. The van der Waals surface area contributed by atoms with Gasteiger partial charge in [0.05, 0.1) is 28.8 Å². The molecule has 0 aliphatic carbocycles. The maximum Gasteiger partial charge on any atom is 0.138 e. The summed E-state index contributed by atoms with van der Waals surface area (Å²) in [4.78, 5) is 16.7. The lowest BCUT2D eigenvalue weighted by atomic mass is 10.0. The van der Waals surface area contributed by atoms with Crippen LogP contribution in [0.2, 0.25) is 0 Å². The Morgan fingerprint density at radius 3 is 2.67 bits per heavy atom. The van der Waals surface area contributed by atoms with Gasteiger partial charge in [-0.1, -0.05) is 0 Å². The number of benzene rings is 1. The number of phenols is 1. The summed E-state index contributed by atoms with van der Waals surface area (Å²) in [7, 11) is 0. The number of aromatic hydroxyl groups is 1. The number of aromatic nitrogens is 6. The lowest BCUT2D eigenvalue weighted by Gasteiger charge is -2.10. The number of H-pyrrole nitrogens is 2. The summed E-state index contributed by atoms with van der Waals surface area (Å²) >= 11 is 0. The summed E-state index contributed by atoms with van der Waals surface area (Å²) in [5, 5.41) is 22.5. The zero-order chi connectivity index (χ0) is 24.8. The van der Waals surface area contributed by atoms with Crippen LogP contribution >= 0.6 is 0 Å². The van der Waals surface area contributed by atoms with E-state index in [1.807, 2.05) is 18.2 Å². The highest BCUT2D eigenvalue weighted by Gasteiger charge is 2.16. The van der Waals surface area contributed by atoms with Crippen LogP contribution in [0.3, 0.4) is 0 Å². The third kappa shape index (κ3) is 3.90. The highest BCUT2D eigenvalue weighted by molar-refractivity contribution is 6.00. The standard InChI is InChI=1S/C27H22FN7O/c1-14(2)32-18-6-16(11-29-12-18)23-10-22-25(13-31-23)34-35-26(22)24-9-21-20(3-4-30-27(21)33-24)15-5-17(28)8-19(36)7-15/h3-14,32,36H,1-2H3,(H,30,33)(H,34,35). The van der Waals surface area contributed by atoms with E-state index in [1.165, 1.54) is 12.1 Å². The third-order valence-corrected chi connectivity index (χ3v) is 5.92. The summed E-state index contributed by atoms with van der Waals surface area (Å²) in [6.45, 7) is 4.15. The van der Waals surface area contributed by atoms with Crippen molar-refractivity contribution in [1.29, 1.82) is 0 Å². The second kappa shape index (κ2) is 8.46. The highest BCUT2D eigenvalue weighted by Crippen LogP contribution is 2.35. The number of anilines is 1. The Kier molecular flexibility index (Phi) is 5.10. The molecule has 5 aromatic heterocycles. The van der Waals surface area contributed by atoms with E-state index in [9.17, 15) is 9.50 Å². The number of hydrogen-bond acceptors (Lipinski definition) is 6. The fourth-order valence-corrected chi connectivity index (χ4v) is 4.41. The Morgan fingerprint density at radius 1 is 0.944 bits per heavy atom. The number of halogens is 1. The molecule has 0 fully saturated rings. The van der Waals surface area contributed by atoms with Gasteiger partial charge in [-0.15, -0.1) is 0 Å². The molecule has 6 aromatic rings. The molecular weight excluding hydrogens is 457 g/mol. The maximum atomic E-state index is 14.0. The fourth-order valence-electron chi connectivity index (χ4n) is 4.41. The summed E-state index contributed by atoms with van der Waals surface area (Å²) in [5.74, 6) is -0.641. The molecule has 0 unspecified atom stereocenters. The van der Waals surface area contributed by atoms with Gasteiger partial charge < -0.3 is 15.4 Å². The molecule has 0 amide bonds. The van der Waals surface area contributed by atoms with Crippen molar-refractivity contribution >= 4 is 27.6 Å². The Bertz CT molecular complexity index is 1720. The van der Waals surface area contributed by atoms with E-state index >= 15 is 0 Å². The van der Waals surface area contributed by atoms with Crippen molar-refractivity contribution in [3.05, 3.63) is 73.1 Å². The lowest BCUT2D eigenvalue weighted by molar-refractivity contribution is 0.469. The molecule has 0 aliphatic rings. The molecule has 8 nitrogen and oxygen atoms in total. The van der Waals surface area contributed by atoms with Crippen LogP contribution in [0, 0.1) is 5.82 Å². The first-order chi connectivity index (χ1) is 17.4. The van der Waals surface area contributed by atoms with Crippen LogP contribution < -0.4 is 5.32 Å². The van der Waals surface area contributed by atoms with Crippen molar-refractivity contribution in [3.63, 3.8) is 0 Å². The van der Waals surface area contributed by atoms with Gasteiger partial charge in [0.2, 0.25) is 0 Å². The van der Waals surface area contributed by atoms with Gasteiger partial charge in [0, 0.05) is 47.0 Å². The van der Waals surface area contributed by atoms with Crippen molar-refractivity contribution in [1.82, 2.24) is 30.1 Å².